The minimum atomic E-state index is -1.60. The minimum absolute atomic E-state index is 0.114. The lowest BCUT2D eigenvalue weighted by molar-refractivity contribution is -0.0424. The molecule has 2 aromatic heterocycles. The van der Waals surface area contributed by atoms with E-state index in [0.717, 1.165) is 0 Å². The van der Waals surface area contributed by atoms with Crippen LogP contribution in [0.15, 0.2) is 63.9 Å². The maximum atomic E-state index is 12.9. The summed E-state index contributed by atoms with van der Waals surface area (Å²) in [5.41, 5.74) is 5.50. The molecular formula is C25H22N4O6. The Morgan fingerprint density at radius 3 is 1.66 bits per heavy atom. The van der Waals surface area contributed by atoms with Crippen LogP contribution in [-0.4, -0.2) is 40.8 Å². The molecule has 4 rings (SSSR count). The van der Waals surface area contributed by atoms with Crippen molar-refractivity contribution in [3.05, 3.63) is 109 Å². The number of carboxylic acid groups (broad SMARTS) is 1. The Bertz CT molecular complexity index is 1570. The lowest BCUT2D eigenvalue weighted by Crippen LogP contribution is -2.16. The van der Waals surface area contributed by atoms with Gasteiger partial charge in [-0.2, -0.15) is 0 Å². The highest BCUT2D eigenvalue weighted by atomic mass is 16.5. The third-order valence-corrected chi connectivity index (χ3v) is 5.51. The van der Waals surface area contributed by atoms with Crippen LogP contribution in [0.4, 0.5) is 0 Å². The van der Waals surface area contributed by atoms with Crippen LogP contribution in [0.2, 0.25) is 0 Å². The Kier molecular flexibility index (Phi) is 6.26. The van der Waals surface area contributed by atoms with Crippen LogP contribution in [0.25, 0.3) is 23.5 Å². The molecular weight excluding hydrogens is 452 g/mol. The normalized spacial score (nSPS) is 10.9. The molecule has 5 N–H and O–H groups in total. The number of aromatic carboxylic acids is 1. The molecule has 0 spiro atoms. The number of H-pyrrole nitrogens is 2. The summed E-state index contributed by atoms with van der Waals surface area (Å²) in [5, 5.41) is 33.4. The summed E-state index contributed by atoms with van der Waals surface area (Å²) in [6.07, 6.45) is 1.36. The highest BCUT2D eigenvalue weighted by Crippen LogP contribution is 2.14. The number of rotatable bonds is 6. The zero-order valence-electron chi connectivity index (χ0n) is 18.8. The van der Waals surface area contributed by atoms with Crippen LogP contribution < -0.4 is 11.1 Å². The van der Waals surface area contributed by atoms with E-state index in [0.29, 0.717) is 39.5 Å². The number of aliphatic hydroxyl groups excluding tert-OH is 1. The number of carboxylic acids is 1. The Morgan fingerprint density at radius 1 is 0.829 bits per heavy atom. The second-order valence-corrected chi connectivity index (χ2v) is 7.85. The smallest absolute Gasteiger partial charge is 0.335 e. The number of aryl methyl sites for hydroxylation is 2. The average Bonchev–Trinajstić information content (AvgIpc) is 3.28. The fourth-order valence-electron chi connectivity index (χ4n) is 3.58. The minimum Gasteiger partial charge on any atom is -0.478 e. The lowest BCUT2D eigenvalue weighted by Gasteiger charge is -2.05. The van der Waals surface area contributed by atoms with Gasteiger partial charge in [0.25, 0.3) is 11.1 Å². The standard InChI is InChI=1S/C25H22N4O6/c1-14-20(22(30)28(26-14)18-10-6-16(7-11-18)24(32)33)4-3-5-21-15(2)27-29(23(21)31)19-12-8-17(9-13-19)25(34)35/h4-13,24,26-27,32-33H,1-2H3,(H,34,35). The number of nitrogens with zero attached hydrogens (tertiary/aromatic N) is 2. The summed E-state index contributed by atoms with van der Waals surface area (Å²) < 4.78 is 2.63. The Labute approximate surface area is 198 Å². The molecule has 10 nitrogen and oxygen atoms in total. The van der Waals surface area contributed by atoms with Gasteiger partial charge in [0.15, 0.2) is 6.29 Å². The first-order valence-electron chi connectivity index (χ1n) is 10.5. The van der Waals surface area contributed by atoms with Crippen molar-refractivity contribution >= 4 is 18.1 Å². The molecule has 178 valence electrons. The van der Waals surface area contributed by atoms with Crippen molar-refractivity contribution in [1.82, 2.24) is 19.6 Å². The van der Waals surface area contributed by atoms with Gasteiger partial charge in [-0.15, -0.1) is 5.73 Å². The van der Waals surface area contributed by atoms with Gasteiger partial charge in [-0.3, -0.25) is 19.8 Å². The second kappa shape index (κ2) is 9.32. The van der Waals surface area contributed by atoms with Crippen molar-refractivity contribution in [2.45, 2.75) is 20.1 Å². The molecule has 0 fully saturated rings. The van der Waals surface area contributed by atoms with E-state index in [4.69, 9.17) is 5.11 Å². The number of hydrogen-bond acceptors (Lipinski definition) is 5. The van der Waals surface area contributed by atoms with Crippen LogP contribution in [0.3, 0.4) is 0 Å². The predicted octanol–water partition coefficient (Wildman–Crippen LogP) is 2.27. The zero-order chi connectivity index (χ0) is 25.3. The fourth-order valence-corrected chi connectivity index (χ4v) is 3.58. The number of aliphatic hydroxyl groups is 2. The molecule has 0 saturated heterocycles. The van der Waals surface area contributed by atoms with Crippen LogP contribution in [0.1, 0.15) is 44.7 Å². The molecule has 2 aromatic carbocycles. The zero-order valence-corrected chi connectivity index (χ0v) is 18.8. The van der Waals surface area contributed by atoms with Crippen LogP contribution in [0.5, 0.6) is 0 Å². The van der Waals surface area contributed by atoms with E-state index in [9.17, 15) is 24.6 Å². The van der Waals surface area contributed by atoms with Crippen molar-refractivity contribution in [2.24, 2.45) is 0 Å². The largest absolute Gasteiger partial charge is 0.478 e. The van der Waals surface area contributed by atoms with E-state index >= 15 is 0 Å². The quantitative estimate of drug-likeness (QED) is 0.213. The average molecular weight is 474 g/mol. The lowest BCUT2D eigenvalue weighted by atomic mass is 10.2. The number of aromatic nitrogens is 4. The molecule has 0 aliphatic carbocycles. The monoisotopic (exact) mass is 474 g/mol. The summed E-state index contributed by atoms with van der Waals surface area (Å²) in [6.45, 7) is 3.45. The van der Waals surface area contributed by atoms with Crippen LogP contribution in [-0.2, 0) is 0 Å². The molecule has 0 saturated carbocycles. The second-order valence-electron chi connectivity index (χ2n) is 7.85. The molecule has 2 heterocycles. The van der Waals surface area contributed by atoms with E-state index in [-0.39, 0.29) is 16.7 Å². The molecule has 0 atom stereocenters. The van der Waals surface area contributed by atoms with Gasteiger partial charge in [-0.05, 0) is 62.4 Å². The van der Waals surface area contributed by atoms with Crippen molar-refractivity contribution in [3.63, 3.8) is 0 Å². The number of benzene rings is 2. The summed E-state index contributed by atoms with van der Waals surface area (Å²) in [4.78, 5) is 36.8. The third-order valence-electron chi connectivity index (χ3n) is 5.51. The van der Waals surface area contributed by atoms with Crippen LogP contribution in [0, 0.1) is 13.8 Å². The molecule has 4 aromatic rings. The van der Waals surface area contributed by atoms with Gasteiger partial charge in [-0.1, -0.05) is 12.1 Å². The molecule has 0 bridgehead atoms. The van der Waals surface area contributed by atoms with E-state index in [1.807, 2.05) is 0 Å². The van der Waals surface area contributed by atoms with Crippen molar-refractivity contribution < 1.29 is 20.1 Å². The maximum Gasteiger partial charge on any atom is 0.335 e. The number of hydrogen-bond donors (Lipinski definition) is 5. The van der Waals surface area contributed by atoms with E-state index < -0.39 is 12.3 Å². The summed E-state index contributed by atoms with van der Waals surface area (Å²) >= 11 is 0. The fraction of sp³-hybridized carbons (Fsp3) is 0.120. The topological polar surface area (TPSA) is 153 Å². The molecule has 0 aliphatic rings. The maximum absolute atomic E-state index is 12.9. The van der Waals surface area contributed by atoms with Gasteiger partial charge in [-0.25, -0.2) is 14.2 Å². The number of aromatic amines is 2. The van der Waals surface area contributed by atoms with Crippen molar-refractivity contribution in [3.8, 4) is 11.4 Å². The highest BCUT2D eigenvalue weighted by molar-refractivity contribution is 5.87. The Balaban J connectivity index is 1.65. The molecule has 10 heteroatoms. The SMILES string of the molecule is Cc1[nH]n(-c2ccc(C(=O)O)cc2)c(=O)c1C=C=Cc1c(C)[nH]n(-c2ccc(C(O)O)cc2)c1=O. The highest BCUT2D eigenvalue weighted by Gasteiger charge is 2.13. The van der Waals surface area contributed by atoms with E-state index in [2.05, 4.69) is 15.9 Å². The van der Waals surface area contributed by atoms with Crippen LogP contribution >= 0.6 is 0 Å². The number of carbonyl (C=O) groups is 1. The first-order valence-corrected chi connectivity index (χ1v) is 10.5. The van der Waals surface area contributed by atoms with Gasteiger partial charge < -0.3 is 15.3 Å². The van der Waals surface area contributed by atoms with E-state index in [1.54, 1.807) is 26.0 Å². The summed E-state index contributed by atoms with van der Waals surface area (Å²) in [6, 6.07) is 12.1. The van der Waals surface area contributed by atoms with Crippen molar-refractivity contribution in [1.29, 1.82) is 0 Å². The van der Waals surface area contributed by atoms with Gasteiger partial charge in [0.1, 0.15) is 0 Å². The molecule has 0 unspecified atom stereocenters. The first kappa shape index (κ1) is 23.5. The Morgan fingerprint density at radius 2 is 1.26 bits per heavy atom. The van der Waals surface area contributed by atoms with Gasteiger partial charge in [0.05, 0.1) is 28.1 Å². The van der Waals surface area contributed by atoms with E-state index in [1.165, 1.54) is 57.9 Å². The van der Waals surface area contributed by atoms with Gasteiger partial charge in [0.2, 0.25) is 0 Å². The molecule has 0 amide bonds. The number of nitrogens with one attached hydrogen (secondary N) is 2. The predicted molar refractivity (Wildman–Crippen MR) is 129 cm³/mol. The molecule has 0 radical (unpaired) electrons. The third kappa shape index (κ3) is 4.57. The Hall–Kier alpha value is -4.63. The van der Waals surface area contributed by atoms with Gasteiger partial charge in [0, 0.05) is 17.0 Å². The van der Waals surface area contributed by atoms with Crippen molar-refractivity contribution in [2.75, 3.05) is 0 Å². The summed E-state index contributed by atoms with van der Waals surface area (Å²) in [7, 11) is 0. The first-order chi connectivity index (χ1) is 16.7. The molecule has 0 aliphatic heterocycles. The van der Waals surface area contributed by atoms with Gasteiger partial charge >= 0.3 is 5.97 Å². The summed E-state index contributed by atoms with van der Waals surface area (Å²) in [5.74, 6) is -1.06. The molecule has 35 heavy (non-hydrogen) atoms.